The number of aliphatic hydroxyl groups is 1. The SMILES string of the molecule is CCOC(=O)C(O)CCOC. The Morgan fingerprint density at radius 3 is 2.73 bits per heavy atom. The average Bonchev–Trinajstić information content (AvgIpc) is 2.00. The largest absolute Gasteiger partial charge is 0.464 e. The number of aliphatic hydroxyl groups excluding tert-OH is 1. The van der Waals surface area contributed by atoms with Crippen molar-refractivity contribution in [3.63, 3.8) is 0 Å². The summed E-state index contributed by atoms with van der Waals surface area (Å²) in [5.41, 5.74) is 0. The minimum absolute atomic E-state index is 0.287. The molecular weight excluding hydrogens is 148 g/mol. The van der Waals surface area contributed by atoms with Crippen molar-refractivity contribution in [3.8, 4) is 0 Å². The highest BCUT2D eigenvalue weighted by molar-refractivity contribution is 5.74. The summed E-state index contributed by atoms with van der Waals surface area (Å²) in [6, 6.07) is 0. The van der Waals surface area contributed by atoms with Crippen LogP contribution in [-0.4, -0.2) is 37.5 Å². The van der Waals surface area contributed by atoms with Crippen molar-refractivity contribution in [1.82, 2.24) is 0 Å². The molecule has 11 heavy (non-hydrogen) atoms. The summed E-state index contributed by atoms with van der Waals surface area (Å²) >= 11 is 0. The molecule has 1 atom stereocenters. The molecular formula is C7H14O4. The fourth-order valence-electron chi connectivity index (χ4n) is 0.586. The third-order valence-corrected chi connectivity index (χ3v) is 1.15. The Morgan fingerprint density at radius 1 is 1.64 bits per heavy atom. The Kier molecular flexibility index (Phi) is 5.78. The van der Waals surface area contributed by atoms with Gasteiger partial charge in [0.25, 0.3) is 0 Å². The lowest BCUT2D eigenvalue weighted by Gasteiger charge is -2.07. The molecule has 0 spiro atoms. The predicted octanol–water partition coefficient (Wildman–Crippen LogP) is -0.0531. The van der Waals surface area contributed by atoms with E-state index in [2.05, 4.69) is 9.47 Å². The monoisotopic (exact) mass is 162 g/mol. The predicted molar refractivity (Wildman–Crippen MR) is 39.1 cm³/mol. The molecule has 0 bridgehead atoms. The van der Waals surface area contributed by atoms with E-state index >= 15 is 0 Å². The van der Waals surface area contributed by atoms with Crippen molar-refractivity contribution < 1.29 is 19.4 Å². The number of rotatable bonds is 5. The maximum atomic E-state index is 10.7. The molecule has 0 aromatic heterocycles. The molecule has 4 heteroatoms. The number of methoxy groups -OCH3 is 1. The Morgan fingerprint density at radius 2 is 2.27 bits per heavy atom. The van der Waals surface area contributed by atoms with Gasteiger partial charge in [0.2, 0.25) is 0 Å². The zero-order chi connectivity index (χ0) is 8.69. The van der Waals surface area contributed by atoms with Crippen LogP contribution in [0.5, 0.6) is 0 Å². The highest BCUT2D eigenvalue weighted by Crippen LogP contribution is 1.94. The number of hydrogen-bond acceptors (Lipinski definition) is 4. The van der Waals surface area contributed by atoms with Crippen LogP contribution in [0.25, 0.3) is 0 Å². The van der Waals surface area contributed by atoms with Crippen LogP contribution >= 0.6 is 0 Å². The van der Waals surface area contributed by atoms with Crippen molar-refractivity contribution in [2.24, 2.45) is 0 Å². The van der Waals surface area contributed by atoms with Crippen LogP contribution in [-0.2, 0) is 14.3 Å². The minimum Gasteiger partial charge on any atom is -0.464 e. The summed E-state index contributed by atoms with van der Waals surface area (Å²) in [5, 5.41) is 9.03. The zero-order valence-corrected chi connectivity index (χ0v) is 6.87. The standard InChI is InChI=1S/C7H14O4/c1-3-11-7(9)6(8)4-5-10-2/h6,8H,3-5H2,1-2H3. The Hall–Kier alpha value is -0.610. The first-order valence-corrected chi connectivity index (χ1v) is 3.56. The first kappa shape index (κ1) is 10.4. The molecule has 0 aliphatic rings. The fourth-order valence-corrected chi connectivity index (χ4v) is 0.586. The van der Waals surface area contributed by atoms with E-state index in [-0.39, 0.29) is 6.42 Å². The van der Waals surface area contributed by atoms with Crippen LogP contribution in [0.1, 0.15) is 13.3 Å². The first-order chi connectivity index (χ1) is 5.22. The number of carbonyl (C=O) groups excluding carboxylic acids is 1. The Labute approximate surface area is 66.1 Å². The van der Waals surface area contributed by atoms with Crippen LogP contribution in [0.2, 0.25) is 0 Å². The lowest BCUT2D eigenvalue weighted by molar-refractivity contribution is -0.153. The van der Waals surface area contributed by atoms with E-state index in [1.807, 2.05) is 0 Å². The highest BCUT2D eigenvalue weighted by atomic mass is 16.5. The third kappa shape index (κ3) is 4.75. The molecule has 0 aliphatic heterocycles. The quantitative estimate of drug-likeness (QED) is 0.576. The van der Waals surface area contributed by atoms with Gasteiger partial charge in [-0.05, 0) is 6.92 Å². The van der Waals surface area contributed by atoms with Crippen molar-refractivity contribution in [3.05, 3.63) is 0 Å². The van der Waals surface area contributed by atoms with Crippen LogP contribution in [0.3, 0.4) is 0 Å². The zero-order valence-electron chi connectivity index (χ0n) is 6.87. The summed E-state index contributed by atoms with van der Waals surface area (Å²) in [5.74, 6) is -0.579. The van der Waals surface area contributed by atoms with Gasteiger partial charge in [-0.25, -0.2) is 4.79 Å². The highest BCUT2D eigenvalue weighted by Gasteiger charge is 2.14. The normalized spacial score (nSPS) is 12.6. The third-order valence-electron chi connectivity index (χ3n) is 1.15. The molecule has 1 N–H and O–H groups in total. The molecule has 0 radical (unpaired) electrons. The molecule has 0 aromatic carbocycles. The van der Waals surface area contributed by atoms with Gasteiger partial charge in [0.15, 0.2) is 6.10 Å². The molecule has 0 fully saturated rings. The average molecular weight is 162 g/mol. The van der Waals surface area contributed by atoms with Gasteiger partial charge >= 0.3 is 5.97 Å². The lowest BCUT2D eigenvalue weighted by atomic mass is 10.3. The van der Waals surface area contributed by atoms with Crippen LogP contribution in [0.4, 0.5) is 0 Å². The number of carbonyl (C=O) groups is 1. The smallest absolute Gasteiger partial charge is 0.335 e. The van der Waals surface area contributed by atoms with Crippen molar-refractivity contribution in [1.29, 1.82) is 0 Å². The van der Waals surface area contributed by atoms with E-state index in [1.165, 1.54) is 7.11 Å². The molecule has 0 heterocycles. The molecule has 0 aromatic rings. The first-order valence-electron chi connectivity index (χ1n) is 3.56. The summed E-state index contributed by atoms with van der Waals surface area (Å²) in [6.07, 6.45) is -0.759. The fraction of sp³-hybridized carbons (Fsp3) is 0.857. The van der Waals surface area contributed by atoms with E-state index < -0.39 is 12.1 Å². The van der Waals surface area contributed by atoms with Gasteiger partial charge in [0.05, 0.1) is 6.61 Å². The molecule has 0 amide bonds. The molecule has 0 saturated heterocycles. The van der Waals surface area contributed by atoms with Crippen molar-refractivity contribution in [2.75, 3.05) is 20.3 Å². The van der Waals surface area contributed by atoms with Crippen LogP contribution in [0.15, 0.2) is 0 Å². The minimum atomic E-state index is -1.05. The second-order valence-corrected chi connectivity index (χ2v) is 2.05. The second-order valence-electron chi connectivity index (χ2n) is 2.05. The molecule has 0 rings (SSSR count). The van der Waals surface area contributed by atoms with Gasteiger partial charge in [-0.2, -0.15) is 0 Å². The lowest BCUT2D eigenvalue weighted by Crippen LogP contribution is -2.24. The van der Waals surface area contributed by atoms with Crippen molar-refractivity contribution in [2.45, 2.75) is 19.4 Å². The van der Waals surface area contributed by atoms with Gasteiger partial charge < -0.3 is 14.6 Å². The van der Waals surface area contributed by atoms with Gasteiger partial charge in [-0.3, -0.25) is 0 Å². The summed E-state index contributed by atoms with van der Waals surface area (Å²) in [6.45, 7) is 2.35. The summed E-state index contributed by atoms with van der Waals surface area (Å²) < 4.78 is 9.23. The van der Waals surface area contributed by atoms with Crippen LogP contribution < -0.4 is 0 Å². The maximum Gasteiger partial charge on any atom is 0.335 e. The van der Waals surface area contributed by atoms with E-state index in [9.17, 15) is 4.79 Å². The Balaban J connectivity index is 3.46. The van der Waals surface area contributed by atoms with Crippen LogP contribution in [0, 0.1) is 0 Å². The molecule has 0 aliphatic carbocycles. The van der Waals surface area contributed by atoms with E-state index in [1.54, 1.807) is 6.92 Å². The van der Waals surface area contributed by atoms with Gasteiger partial charge in [-0.15, -0.1) is 0 Å². The van der Waals surface area contributed by atoms with E-state index in [0.717, 1.165) is 0 Å². The Bertz CT molecular complexity index is 113. The van der Waals surface area contributed by atoms with E-state index in [0.29, 0.717) is 13.2 Å². The maximum absolute atomic E-state index is 10.7. The molecule has 1 unspecified atom stereocenters. The topological polar surface area (TPSA) is 55.8 Å². The second kappa shape index (κ2) is 6.12. The number of ether oxygens (including phenoxy) is 2. The molecule has 66 valence electrons. The summed E-state index contributed by atoms with van der Waals surface area (Å²) in [4.78, 5) is 10.7. The van der Waals surface area contributed by atoms with Crippen molar-refractivity contribution >= 4 is 5.97 Å². The van der Waals surface area contributed by atoms with Gasteiger partial charge in [0.1, 0.15) is 0 Å². The van der Waals surface area contributed by atoms with Gasteiger partial charge in [-0.1, -0.05) is 0 Å². The molecule has 0 saturated carbocycles. The van der Waals surface area contributed by atoms with E-state index in [4.69, 9.17) is 5.11 Å². The number of esters is 1. The molecule has 4 nitrogen and oxygen atoms in total. The summed E-state index contributed by atoms with van der Waals surface area (Å²) in [7, 11) is 1.51. The van der Waals surface area contributed by atoms with Gasteiger partial charge in [0, 0.05) is 20.1 Å². The number of hydrogen-bond donors (Lipinski definition) is 1.